The molecule has 0 atom stereocenters. The van der Waals surface area contributed by atoms with Crippen molar-refractivity contribution >= 4 is 37.7 Å². The standard InChI is InChI=1S/C19H14BrN3O8S/c1-2-30-19(25)18-15(11-17(24)22(21-18)13-7-5-6-12(20)10-13)31-32(28,29)16-9-4-3-8-14(16)23(26)27/h3-11H,2H2,1H3. The fourth-order valence-electron chi connectivity index (χ4n) is 2.62. The summed E-state index contributed by atoms with van der Waals surface area (Å²) < 4.78 is 36.8. The SMILES string of the molecule is CCOC(=O)c1nn(-c2cccc(Br)c2)c(=O)cc1OS(=O)(=O)c1ccccc1[N+](=O)[O-]. The predicted octanol–water partition coefficient (Wildman–Crippen LogP) is 2.85. The van der Waals surface area contributed by atoms with Gasteiger partial charge < -0.3 is 8.92 Å². The molecule has 1 heterocycles. The predicted molar refractivity (Wildman–Crippen MR) is 114 cm³/mol. The van der Waals surface area contributed by atoms with E-state index in [4.69, 9.17) is 8.92 Å². The summed E-state index contributed by atoms with van der Waals surface area (Å²) >= 11 is 3.26. The van der Waals surface area contributed by atoms with Crippen LogP contribution in [0, 0.1) is 10.1 Å². The molecule has 3 rings (SSSR count). The molecule has 0 amide bonds. The first-order valence-corrected chi connectivity index (χ1v) is 11.1. The molecule has 0 fully saturated rings. The van der Waals surface area contributed by atoms with E-state index in [1.807, 2.05) is 0 Å². The Morgan fingerprint density at radius 1 is 1.19 bits per heavy atom. The van der Waals surface area contributed by atoms with E-state index in [1.165, 1.54) is 19.1 Å². The van der Waals surface area contributed by atoms with Gasteiger partial charge in [-0.15, -0.1) is 0 Å². The second-order valence-corrected chi connectivity index (χ2v) is 8.50. The number of carbonyl (C=O) groups excluding carboxylic acids is 1. The minimum absolute atomic E-state index is 0.0626. The molecule has 0 saturated carbocycles. The number of esters is 1. The highest BCUT2D eigenvalue weighted by Crippen LogP contribution is 2.27. The summed E-state index contributed by atoms with van der Waals surface area (Å²) in [5.74, 6) is -1.78. The van der Waals surface area contributed by atoms with E-state index in [-0.39, 0.29) is 12.3 Å². The van der Waals surface area contributed by atoms with Crippen LogP contribution in [0.3, 0.4) is 0 Å². The lowest BCUT2D eigenvalue weighted by molar-refractivity contribution is -0.387. The molecule has 0 radical (unpaired) electrons. The van der Waals surface area contributed by atoms with E-state index >= 15 is 0 Å². The molecule has 32 heavy (non-hydrogen) atoms. The Morgan fingerprint density at radius 3 is 2.56 bits per heavy atom. The quantitative estimate of drug-likeness (QED) is 0.197. The highest BCUT2D eigenvalue weighted by Gasteiger charge is 2.30. The van der Waals surface area contributed by atoms with Crippen molar-refractivity contribution in [1.82, 2.24) is 9.78 Å². The number of hydrogen-bond acceptors (Lipinski definition) is 9. The van der Waals surface area contributed by atoms with E-state index in [9.17, 15) is 28.1 Å². The fourth-order valence-corrected chi connectivity index (χ4v) is 4.10. The van der Waals surface area contributed by atoms with Gasteiger partial charge in [0.15, 0.2) is 10.6 Å². The van der Waals surface area contributed by atoms with Crippen molar-refractivity contribution in [1.29, 1.82) is 0 Å². The van der Waals surface area contributed by atoms with Gasteiger partial charge in [-0.2, -0.15) is 18.2 Å². The number of para-hydroxylation sites is 1. The number of carbonyl (C=O) groups is 1. The van der Waals surface area contributed by atoms with E-state index < -0.39 is 48.6 Å². The van der Waals surface area contributed by atoms with Crippen molar-refractivity contribution < 1.29 is 27.1 Å². The van der Waals surface area contributed by atoms with Crippen molar-refractivity contribution in [2.45, 2.75) is 11.8 Å². The van der Waals surface area contributed by atoms with Crippen LogP contribution in [0.15, 0.2) is 68.8 Å². The Morgan fingerprint density at radius 2 is 1.91 bits per heavy atom. The van der Waals surface area contributed by atoms with Gasteiger partial charge in [0.2, 0.25) is 5.69 Å². The number of rotatable bonds is 7. The minimum atomic E-state index is -4.81. The van der Waals surface area contributed by atoms with E-state index in [2.05, 4.69) is 21.0 Å². The molecule has 2 aromatic carbocycles. The Balaban J connectivity index is 2.16. The van der Waals surface area contributed by atoms with Crippen LogP contribution in [-0.4, -0.2) is 35.7 Å². The average molecular weight is 524 g/mol. The number of aromatic nitrogens is 2. The summed E-state index contributed by atoms with van der Waals surface area (Å²) in [6.45, 7) is 1.46. The molecule has 0 bridgehead atoms. The summed E-state index contributed by atoms with van der Waals surface area (Å²) in [4.78, 5) is 34.6. The zero-order valence-electron chi connectivity index (χ0n) is 16.3. The summed E-state index contributed by atoms with van der Waals surface area (Å²) in [6.07, 6.45) is 0. The minimum Gasteiger partial charge on any atom is -0.461 e. The maximum absolute atomic E-state index is 12.7. The Hall–Kier alpha value is -3.58. The van der Waals surface area contributed by atoms with Gasteiger partial charge in [-0.1, -0.05) is 34.1 Å². The molecule has 3 aromatic rings. The number of nitro groups is 1. The van der Waals surface area contributed by atoms with E-state index in [1.54, 1.807) is 24.3 Å². The molecule has 0 unspecified atom stereocenters. The van der Waals surface area contributed by atoms with Gasteiger partial charge in [-0.3, -0.25) is 14.9 Å². The monoisotopic (exact) mass is 523 g/mol. The second kappa shape index (κ2) is 9.28. The summed E-state index contributed by atoms with van der Waals surface area (Å²) in [7, 11) is -4.81. The van der Waals surface area contributed by atoms with Crippen molar-refractivity contribution in [3.8, 4) is 11.4 Å². The summed E-state index contributed by atoms with van der Waals surface area (Å²) in [6, 6.07) is 11.7. The molecular formula is C19H14BrN3O8S. The highest BCUT2D eigenvalue weighted by atomic mass is 79.9. The maximum atomic E-state index is 12.7. The van der Waals surface area contributed by atoms with Crippen molar-refractivity contribution in [2.24, 2.45) is 0 Å². The molecule has 13 heteroatoms. The van der Waals surface area contributed by atoms with Crippen LogP contribution in [0.1, 0.15) is 17.4 Å². The lowest BCUT2D eigenvalue weighted by Gasteiger charge is -2.12. The lowest BCUT2D eigenvalue weighted by atomic mass is 10.3. The van der Waals surface area contributed by atoms with Gasteiger partial charge in [0.25, 0.3) is 11.2 Å². The van der Waals surface area contributed by atoms with Crippen molar-refractivity contribution in [3.05, 3.63) is 85.2 Å². The Bertz CT molecular complexity index is 1370. The van der Waals surface area contributed by atoms with Gasteiger partial charge in [0, 0.05) is 10.5 Å². The summed E-state index contributed by atoms with van der Waals surface area (Å²) in [5.41, 5.74) is -1.87. The third-order valence-corrected chi connectivity index (χ3v) is 5.73. The number of ether oxygens (including phenoxy) is 1. The molecule has 0 spiro atoms. The van der Waals surface area contributed by atoms with E-state index in [0.29, 0.717) is 4.47 Å². The van der Waals surface area contributed by atoms with Gasteiger partial charge >= 0.3 is 16.1 Å². The third kappa shape index (κ3) is 4.84. The van der Waals surface area contributed by atoms with Gasteiger partial charge in [-0.25, -0.2) is 4.79 Å². The van der Waals surface area contributed by atoms with Gasteiger partial charge in [0.05, 0.1) is 23.3 Å². The van der Waals surface area contributed by atoms with Crippen LogP contribution in [0.5, 0.6) is 5.75 Å². The molecule has 0 N–H and O–H groups in total. The number of benzene rings is 2. The van der Waals surface area contributed by atoms with Crippen LogP contribution in [0.4, 0.5) is 5.69 Å². The number of nitrogens with zero attached hydrogens (tertiary/aromatic N) is 3. The van der Waals surface area contributed by atoms with Crippen LogP contribution in [-0.2, 0) is 14.9 Å². The molecule has 0 aliphatic rings. The molecule has 0 aliphatic carbocycles. The molecule has 0 aliphatic heterocycles. The zero-order chi connectivity index (χ0) is 23.5. The zero-order valence-corrected chi connectivity index (χ0v) is 18.7. The smallest absolute Gasteiger partial charge is 0.362 e. The molecule has 166 valence electrons. The van der Waals surface area contributed by atoms with Gasteiger partial charge in [0.1, 0.15) is 0 Å². The topological polar surface area (TPSA) is 148 Å². The van der Waals surface area contributed by atoms with Crippen molar-refractivity contribution in [2.75, 3.05) is 6.61 Å². The molecule has 11 nitrogen and oxygen atoms in total. The average Bonchev–Trinajstić information content (AvgIpc) is 2.73. The summed E-state index contributed by atoms with van der Waals surface area (Å²) in [5, 5.41) is 15.1. The maximum Gasteiger partial charge on any atom is 0.362 e. The molecular weight excluding hydrogens is 510 g/mol. The lowest BCUT2D eigenvalue weighted by Crippen LogP contribution is -2.26. The van der Waals surface area contributed by atoms with Crippen LogP contribution in [0.25, 0.3) is 5.69 Å². The largest absolute Gasteiger partial charge is 0.461 e. The second-order valence-electron chi connectivity index (χ2n) is 6.07. The normalized spacial score (nSPS) is 11.1. The van der Waals surface area contributed by atoms with E-state index in [0.717, 1.165) is 22.9 Å². The molecule has 1 aromatic heterocycles. The van der Waals surface area contributed by atoms with Crippen LogP contribution >= 0.6 is 15.9 Å². The fraction of sp³-hybridized carbons (Fsp3) is 0.105. The van der Waals surface area contributed by atoms with Crippen LogP contribution in [0.2, 0.25) is 0 Å². The Labute approximate surface area is 189 Å². The number of nitro benzene ring substituents is 1. The van der Waals surface area contributed by atoms with Crippen molar-refractivity contribution in [3.63, 3.8) is 0 Å². The van der Waals surface area contributed by atoms with Crippen LogP contribution < -0.4 is 9.74 Å². The van der Waals surface area contributed by atoms with Gasteiger partial charge in [-0.05, 0) is 31.2 Å². The molecule has 0 saturated heterocycles. The first kappa shape index (κ1) is 23.1. The number of halogens is 1. The first-order valence-electron chi connectivity index (χ1n) is 8.89. The third-order valence-electron chi connectivity index (χ3n) is 3.95. The first-order chi connectivity index (χ1) is 15.1. The number of hydrogen-bond donors (Lipinski definition) is 0. The highest BCUT2D eigenvalue weighted by molar-refractivity contribution is 9.10. The Kier molecular flexibility index (Phi) is 6.69.